The number of hydrogen-bond donors (Lipinski definition) is 1. The van der Waals surface area contributed by atoms with Crippen LogP contribution in [0.4, 0.5) is 21.7 Å². The molecule has 1 amide bonds. The van der Waals surface area contributed by atoms with E-state index < -0.39 is 35.5 Å². The molecule has 0 aliphatic heterocycles. The van der Waals surface area contributed by atoms with Crippen LogP contribution in [0.1, 0.15) is 10.4 Å². The molecule has 0 heterocycles. The number of carbonyl (C=O) groups excluding carboxylic acids is 1. The highest BCUT2D eigenvalue weighted by atomic mass is 19.4. The molecule has 0 aliphatic carbocycles. The van der Waals surface area contributed by atoms with E-state index >= 15 is 0 Å². The van der Waals surface area contributed by atoms with E-state index in [2.05, 4.69) is 5.73 Å². The molecule has 2 nitrogen and oxygen atoms in total. The van der Waals surface area contributed by atoms with Crippen LogP contribution in [0.15, 0.2) is 12.1 Å². The highest BCUT2D eigenvalue weighted by Crippen LogP contribution is 2.15. The van der Waals surface area contributed by atoms with E-state index in [1.165, 1.54) is 0 Å². The van der Waals surface area contributed by atoms with E-state index in [-0.39, 0.29) is 12.1 Å². The van der Waals surface area contributed by atoms with Crippen molar-refractivity contribution in [1.29, 1.82) is 0 Å². The van der Waals surface area contributed by atoms with E-state index in [1.807, 2.05) is 0 Å². The number of nitrogens with two attached hydrogens (primary N) is 1. The molecule has 15 heavy (non-hydrogen) atoms. The fourth-order valence-electron chi connectivity index (χ4n) is 1.00. The first-order chi connectivity index (χ1) is 6.73. The van der Waals surface area contributed by atoms with Crippen LogP contribution in [0.3, 0.4) is 0 Å². The predicted octanol–water partition coefficient (Wildman–Crippen LogP) is 1.12. The first-order valence-corrected chi connectivity index (χ1v) is 3.72. The summed E-state index contributed by atoms with van der Waals surface area (Å²) in [7, 11) is 0. The number of carbonyl (C=O) groups is 1. The van der Waals surface area contributed by atoms with Crippen LogP contribution in [-0.2, 0) is 0 Å². The van der Waals surface area contributed by atoms with Crippen LogP contribution >= 0.6 is 0 Å². The Morgan fingerprint density at radius 1 is 1.13 bits per heavy atom. The second kappa shape index (κ2) is 3.52. The average Bonchev–Trinajstić information content (AvgIpc) is 2.06. The van der Waals surface area contributed by atoms with Crippen LogP contribution in [-0.4, -0.2) is 12.9 Å². The Labute approximate surface area is 80.9 Å². The molecule has 0 radical (unpaired) electrons. The summed E-state index contributed by atoms with van der Waals surface area (Å²) in [6.45, 7) is -5.65. The maximum absolute atomic E-state index is 12.9. The Kier molecular flexibility index (Phi) is 2.70. The van der Waals surface area contributed by atoms with Gasteiger partial charge in [-0.3, -0.25) is 4.79 Å². The van der Waals surface area contributed by atoms with E-state index in [0.717, 1.165) is 0 Å². The lowest BCUT2D eigenvalue weighted by molar-refractivity contribution is 0.0996. The van der Waals surface area contributed by atoms with Crippen molar-refractivity contribution < 1.29 is 26.5 Å². The number of hydrogen-bond acceptors (Lipinski definition) is 1. The molecule has 0 spiro atoms. The third-order valence-corrected chi connectivity index (χ3v) is 1.70. The molecular weight excluding hydrogens is 220 g/mol. The zero-order valence-corrected chi connectivity index (χ0v) is 7.11. The molecule has 1 aromatic rings. The Bertz CT molecular complexity index is 417. The lowest BCUT2D eigenvalue weighted by Crippen LogP contribution is -2.37. The molecule has 1 aromatic carbocycles. The Morgan fingerprint density at radius 3 is 2.07 bits per heavy atom. The van der Waals surface area contributed by atoms with Crippen LogP contribution < -0.4 is 11.2 Å². The summed E-state index contributed by atoms with van der Waals surface area (Å²) in [5.41, 5.74) is 2.00. The van der Waals surface area contributed by atoms with Gasteiger partial charge < -0.3 is 18.7 Å². The van der Waals surface area contributed by atoms with Crippen LogP contribution in [0.5, 0.6) is 0 Å². The van der Waals surface area contributed by atoms with E-state index in [4.69, 9.17) is 0 Å². The average molecular weight is 224 g/mol. The Balaban J connectivity index is 3.39. The van der Waals surface area contributed by atoms with Crippen molar-refractivity contribution in [2.45, 2.75) is 0 Å². The minimum Gasteiger partial charge on any atom is -0.445 e. The molecule has 0 fully saturated rings. The lowest BCUT2D eigenvalue weighted by Gasteiger charge is -2.16. The molecule has 0 aromatic heterocycles. The zero-order chi connectivity index (χ0) is 11.8. The molecule has 0 unspecified atom stereocenters. The zero-order valence-electron chi connectivity index (χ0n) is 7.11. The van der Waals surface area contributed by atoms with Gasteiger partial charge in [-0.15, -0.1) is 0 Å². The Morgan fingerprint density at radius 2 is 1.67 bits per heavy atom. The molecule has 82 valence electrons. The number of halogens is 5. The van der Waals surface area contributed by atoms with Gasteiger partial charge >= 0.3 is 6.98 Å². The standard InChI is InChI=1S/C7H4BF5NO/c9-5-2-4(8(11,12)13)6(10)1-3(5)7(14)15/h1-2H,(H2,14,15)/q-1. The third kappa shape index (κ3) is 2.25. The number of benzene rings is 1. The van der Waals surface area contributed by atoms with Crippen LogP contribution in [0, 0.1) is 11.6 Å². The summed E-state index contributed by atoms with van der Waals surface area (Å²) in [6.07, 6.45) is 0. The highest BCUT2D eigenvalue weighted by molar-refractivity contribution is 6.73. The largest absolute Gasteiger partial charge is 0.512 e. The van der Waals surface area contributed by atoms with Crippen molar-refractivity contribution in [3.63, 3.8) is 0 Å². The van der Waals surface area contributed by atoms with E-state index in [0.29, 0.717) is 0 Å². The predicted molar refractivity (Wildman–Crippen MR) is 43.6 cm³/mol. The van der Waals surface area contributed by atoms with Crippen molar-refractivity contribution >= 4 is 18.3 Å². The van der Waals surface area contributed by atoms with Crippen molar-refractivity contribution in [2.75, 3.05) is 0 Å². The van der Waals surface area contributed by atoms with Gasteiger partial charge in [-0.25, -0.2) is 8.78 Å². The highest BCUT2D eigenvalue weighted by Gasteiger charge is 2.30. The summed E-state index contributed by atoms with van der Waals surface area (Å²) in [6, 6.07) is 0.0671. The number of amides is 1. The van der Waals surface area contributed by atoms with Crippen molar-refractivity contribution in [2.24, 2.45) is 5.73 Å². The quantitative estimate of drug-likeness (QED) is 0.593. The summed E-state index contributed by atoms with van der Waals surface area (Å²) in [5, 5.41) is 0. The van der Waals surface area contributed by atoms with Gasteiger partial charge in [0.15, 0.2) is 0 Å². The molecule has 2 N–H and O–H groups in total. The van der Waals surface area contributed by atoms with Crippen molar-refractivity contribution in [3.8, 4) is 0 Å². The SMILES string of the molecule is NC(=O)c1cc(F)c([B-](F)(F)F)cc1F. The second-order valence-corrected chi connectivity index (χ2v) is 2.79. The normalized spacial score (nSPS) is 11.5. The van der Waals surface area contributed by atoms with E-state index in [1.54, 1.807) is 0 Å². The third-order valence-electron chi connectivity index (χ3n) is 1.70. The molecule has 0 saturated heterocycles. The smallest absolute Gasteiger partial charge is 0.445 e. The molecule has 0 bridgehead atoms. The topological polar surface area (TPSA) is 43.1 Å². The Hall–Kier alpha value is -1.60. The minimum atomic E-state index is -5.65. The summed E-state index contributed by atoms with van der Waals surface area (Å²) < 4.78 is 62.0. The first-order valence-electron chi connectivity index (χ1n) is 3.72. The second-order valence-electron chi connectivity index (χ2n) is 2.79. The molecular formula is C7H4BF5NO-. The van der Waals surface area contributed by atoms with Crippen molar-refractivity contribution in [3.05, 3.63) is 29.3 Å². The van der Waals surface area contributed by atoms with Gasteiger partial charge in [-0.05, 0) is 12.1 Å². The summed E-state index contributed by atoms with van der Waals surface area (Å²) in [4.78, 5) is 10.5. The fraction of sp³-hybridized carbons (Fsp3) is 0. The fourth-order valence-corrected chi connectivity index (χ4v) is 1.00. The molecule has 8 heteroatoms. The maximum Gasteiger partial charge on any atom is 0.512 e. The van der Waals surface area contributed by atoms with Gasteiger partial charge in [0.2, 0.25) is 0 Å². The summed E-state index contributed by atoms with van der Waals surface area (Å²) >= 11 is 0. The molecule has 0 atom stereocenters. The van der Waals surface area contributed by atoms with Gasteiger partial charge in [0, 0.05) is 0 Å². The van der Waals surface area contributed by atoms with Gasteiger partial charge in [0.05, 0.1) is 11.4 Å². The first kappa shape index (κ1) is 11.5. The maximum atomic E-state index is 12.9. The van der Waals surface area contributed by atoms with Crippen LogP contribution in [0.25, 0.3) is 0 Å². The molecule has 1 rings (SSSR count). The van der Waals surface area contributed by atoms with Gasteiger partial charge in [-0.1, -0.05) is 5.46 Å². The summed E-state index contributed by atoms with van der Waals surface area (Å²) in [5.74, 6) is -4.52. The van der Waals surface area contributed by atoms with Gasteiger partial charge in [0.25, 0.3) is 5.91 Å². The van der Waals surface area contributed by atoms with Gasteiger partial charge in [0.1, 0.15) is 5.82 Å². The lowest BCUT2D eigenvalue weighted by atomic mass is 9.79. The van der Waals surface area contributed by atoms with E-state index in [9.17, 15) is 26.5 Å². The minimum absolute atomic E-state index is 0.0740. The van der Waals surface area contributed by atoms with Crippen molar-refractivity contribution in [1.82, 2.24) is 0 Å². The number of rotatable bonds is 2. The van der Waals surface area contributed by atoms with Gasteiger partial charge in [-0.2, -0.15) is 0 Å². The molecule has 0 aliphatic rings. The molecule has 0 saturated carbocycles. The van der Waals surface area contributed by atoms with Crippen LogP contribution in [0.2, 0.25) is 0 Å². The number of primary amides is 1. The monoisotopic (exact) mass is 224 g/mol.